The summed E-state index contributed by atoms with van der Waals surface area (Å²) >= 11 is -1.69. The third-order valence-corrected chi connectivity index (χ3v) is 6.39. The minimum absolute atomic E-state index is 0.0928. The van der Waals surface area contributed by atoms with Crippen LogP contribution in [0.15, 0.2) is 47.6 Å². The molecular weight excluding hydrogens is 409 g/mol. The summed E-state index contributed by atoms with van der Waals surface area (Å²) in [5.41, 5.74) is -0.188. The summed E-state index contributed by atoms with van der Waals surface area (Å²) in [5, 5.41) is 8.52. The highest BCUT2D eigenvalue weighted by atomic mass is 32.2. The summed E-state index contributed by atoms with van der Waals surface area (Å²) in [7, 11) is 0. The number of aliphatic hydroxyl groups excluding tert-OH is 1. The maximum absolute atomic E-state index is 13.2. The third kappa shape index (κ3) is 5.20. The second-order valence-electron chi connectivity index (χ2n) is 6.53. The van der Waals surface area contributed by atoms with E-state index in [1.807, 2.05) is 0 Å². The first-order chi connectivity index (χ1) is 13.8. The van der Waals surface area contributed by atoms with E-state index in [-0.39, 0.29) is 30.6 Å². The van der Waals surface area contributed by atoms with Gasteiger partial charge < -0.3 is 14.7 Å². The highest BCUT2D eigenvalue weighted by molar-refractivity contribution is 7.92. The van der Waals surface area contributed by atoms with Crippen LogP contribution in [0.5, 0.6) is 5.75 Å². The molecule has 10 heteroatoms. The van der Waals surface area contributed by atoms with Crippen molar-refractivity contribution in [2.24, 2.45) is 0 Å². The number of alkyl halides is 3. The van der Waals surface area contributed by atoms with Crippen LogP contribution in [0.3, 0.4) is 0 Å². The van der Waals surface area contributed by atoms with Gasteiger partial charge in [-0.15, -0.1) is 0 Å². The average Bonchev–Trinajstić information content (AvgIpc) is 3.21. The van der Waals surface area contributed by atoms with Crippen molar-refractivity contribution < 1.29 is 32.4 Å². The molecule has 156 valence electrons. The summed E-state index contributed by atoms with van der Waals surface area (Å²) in [6, 6.07) is 7.47. The second-order valence-corrected chi connectivity index (χ2v) is 8.26. The Morgan fingerprint density at radius 1 is 1.28 bits per heavy atom. The van der Waals surface area contributed by atoms with E-state index in [1.54, 1.807) is 24.3 Å². The van der Waals surface area contributed by atoms with Gasteiger partial charge in [-0.3, -0.25) is 9.78 Å². The Kier molecular flexibility index (Phi) is 6.66. The third-order valence-electron chi connectivity index (χ3n) is 4.60. The van der Waals surface area contributed by atoms with Gasteiger partial charge in [-0.25, -0.2) is 0 Å². The molecule has 1 aromatic carbocycles. The van der Waals surface area contributed by atoms with Crippen molar-refractivity contribution in [2.75, 3.05) is 19.7 Å². The molecule has 2 N–H and O–H groups in total. The molecular formula is C19H20F3N2O4S+. The minimum Gasteiger partial charge on any atom is -0.484 e. The Morgan fingerprint density at radius 2 is 2.00 bits per heavy atom. The molecule has 6 nitrogen and oxygen atoms in total. The van der Waals surface area contributed by atoms with Gasteiger partial charge in [-0.1, -0.05) is 12.1 Å². The quantitative estimate of drug-likeness (QED) is 0.690. The van der Waals surface area contributed by atoms with Gasteiger partial charge in [0.05, 0.1) is 19.3 Å². The highest BCUT2D eigenvalue weighted by Crippen LogP contribution is 2.36. The molecule has 0 spiro atoms. The fraction of sp³-hybridized carbons (Fsp3) is 0.368. The van der Waals surface area contributed by atoms with Crippen LogP contribution in [0.4, 0.5) is 13.2 Å². The molecule has 1 aliphatic heterocycles. The first-order valence-corrected chi connectivity index (χ1v) is 10.1. The molecule has 2 unspecified atom stereocenters. The number of amides is 1. The molecule has 2 heterocycles. The van der Waals surface area contributed by atoms with Crippen LogP contribution in [0, 0.1) is 0 Å². The number of aromatic nitrogens is 1. The van der Waals surface area contributed by atoms with Crippen LogP contribution in [-0.4, -0.2) is 50.4 Å². The van der Waals surface area contributed by atoms with Crippen molar-refractivity contribution in [3.8, 4) is 5.75 Å². The van der Waals surface area contributed by atoms with Gasteiger partial charge in [0, 0.05) is 19.2 Å². The van der Waals surface area contributed by atoms with Gasteiger partial charge in [0.15, 0.2) is 23.0 Å². The van der Waals surface area contributed by atoms with Gasteiger partial charge in [-0.2, -0.15) is 17.7 Å². The number of carbonyl (C=O) groups excluding carboxylic acids is 1. The molecule has 1 aromatic heterocycles. The zero-order valence-electron chi connectivity index (χ0n) is 15.3. The Labute approximate surface area is 168 Å². The monoisotopic (exact) mass is 429 g/mol. The number of hydrogen-bond donors (Lipinski definition) is 2. The van der Waals surface area contributed by atoms with Crippen LogP contribution < -0.4 is 4.74 Å². The number of benzene rings is 1. The van der Waals surface area contributed by atoms with E-state index in [4.69, 9.17) is 9.84 Å². The number of halogens is 3. The Morgan fingerprint density at radius 3 is 2.66 bits per heavy atom. The summed E-state index contributed by atoms with van der Waals surface area (Å²) in [6.45, 7) is 0.176. The first kappa shape index (κ1) is 21.4. The average molecular weight is 429 g/mol. The molecule has 1 fully saturated rings. The molecule has 1 saturated heterocycles. The van der Waals surface area contributed by atoms with Gasteiger partial charge in [0.1, 0.15) is 11.3 Å². The second kappa shape index (κ2) is 9.02. The van der Waals surface area contributed by atoms with E-state index in [9.17, 15) is 22.5 Å². The molecule has 0 saturated carbocycles. The molecule has 0 bridgehead atoms. The largest absolute Gasteiger partial charge is 0.484 e. The number of hydrogen-bond acceptors (Lipinski definition) is 5. The van der Waals surface area contributed by atoms with E-state index in [0.29, 0.717) is 18.7 Å². The molecule has 2 atom stereocenters. The molecule has 1 amide bonds. The van der Waals surface area contributed by atoms with E-state index in [2.05, 4.69) is 4.98 Å². The predicted molar refractivity (Wildman–Crippen MR) is 100 cm³/mol. The van der Waals surface area contributed by atoms with Crippen molar-refractivity contribution in [1.29, 1.82) is 0 Å². The summed E-state index contributed by atoms with van der Waals surface area (Å²) in [6.07, 6.45) is -2.11. The van der Waals surface area contributed by atoms with E-state index < -0.39 is 28.2 Å². The number of aliphatic hydroxyl groups is 1. The Bertz CT molecular complexity index is 848. The maximum atomic E-state index is 13.2. The van der Waals surface area contributed by atoms with Gasteiger partial charge in [0.25, 0.3) is 5.91 Å². The minimum atomic E-state index is -4.58. The first-order valence-electron chi connectivity index (χ1n) is 8.83. The smallest absolute Gasteiger partial charge is 0.421 e. The van der Waals surface area contributed by atoms with Crippen molar-refractivity contribution in [3.63, 3.8) is 0 Å². The fourth-order valence-corrected chi connectivity index (χ4v) is 4.61. The number of likely N-dealkylation sites (tertiary alicyclic amines) is 1. The van der Waals surface area contributed by atoms with E-state index >= 15 is 0 Å². The van der Waals surface area contributed by atoms with Crippen LogP contribution in [0.25, 0.3) is 0 Å². The lowest BCUT2D eigenvalue weighted by molar-refractivity contribution is -0.140. The zero-order valence-corrected chi connectivity index (χ0v) is 16.1. The van der Waals surface area contributed by atoms with Crippen molar-refractivity contribution in [1.82, 2.24) is 9.88 Å². The molecule has 2 aromatic rings. The van der Waals surface area contributed by atoms with Crippen molar-refractivity contribution >= 4 is 17.1 Å². The van der Waals surface area contributed by atoms with Gasteiger partial charge >= 0.3 is 6.18 Å². The SMILES string of the molecule is O=C(COc1ccc(CO)cc1)N1CCC([S+](O)c2cnccc2C(F)(F)F)C1. The molecule has 0 radical (unpaired) electrons. The molecule has 3 rings (SSSR count). The Balaban J connectivity index is 1.58. The lowest BCUT2D eigenvalue weighted by atomic mass is 10.2. The fourth-order valence-electron chi connectivity index (χ4n) is 3.02. The highest BCUT2D eigenvalue weighted by Gasteiger charge is 2.46. The van der Waals surface area contributed by atoms with Crippen LogP contribution in [-0.2, 0) is 28.8 Å². The normalized spacial score (nSPS) is 18.0. The van der Waals surface area contributed by atoms with Crippen LogP contribution in [0.1, 0.15) is 17.5 Å². The van der Waals surface area contributed by atoms with Gasteiger partial charge in [-0.05, 0) is 23.8 Å². The summed E-state index contributed by atoms with van der Waals surface area (Å²) < 4.78 is 55.5. The summed E-state index contributed by atoms with van der Waals surface area (Å²) in [5.74, 6) is 0.163. The molecule has 1 aliphatic rings. The number of carbonyl (C=O) groups is 1. The van der Waals surface area contributed by atoms with E-state index in [0.717, 1.165) is 24.0 Å². The van der Waals surface area contributed by atoms with E-state index in [1.165, 1.54) is 4.90 Å². The number of ether oxygens (including phenoxy) is 1. The van der Waals surface area contributed by atoms with Gasteiger partial charge in [0.2, 0.25) is 4.90 Å². The Hall–Kier alpha value is -2.30. The van der Waals surface area contributed by atoms with Crippen molar-refractivity contribution in [3.05, 3.63) is 53.9 Å². The lowest BCUT2D eigenvalue weighted by Gasteiger charge is -2.16. The predicted octanol–water partition coefficient (Wildman–Crippen LogP) is 2.72. The number of rotatable bonds is 6. The molecule has 29 heavy (non-hydrogen) atoms. The number of pyridine rings is 1. The van der Waals surface area contributed by atoms with Crippen LogP contribution >= 0.6 is 0 Å². The standard InChI is InChI=1S/C19H20F3N2O4S/c20-19(21,22)16-5-7-23-9-17(16)29(27)15-6-8-24(10-15)18(26)12-28-14-3-1-13(11-25)2-4-14/h1-5,7,9,15,25,27H,6,8,10-12H2/q+1. The topological polar surface area (TPSA) is 82.9 Å². The van der Waals surface area contributed by atoms with Crippen molar-refractivity contribution in [2.45, 2.75) is 29.3 Å². The maximum Gasteiger partial charge on any atom is 0.421 e. The lowest BCUT2D eigenvalue weighted by Crippen LogP contribution is -2.35. The van der Waals surface area contributed by atoms with Crippen LogP contribution in [0.2, 0.25) is 0 Å². The summed E-state index contributed by atoms with van der Waals surface area (Å²) in [4.78, 5) is 17.3. The zero-order chi connectivity index (χ0) is 21.0. The number of nitrogens with zero attached hydrogens (tertiary/aromatic N) is 2. The molecule has 0 aliphatic carbocycles.